The third-order valence-electron chi connectivity index (χ3n) is 3.79. The molecule has 0 aliphatic carbocycles. The molecule has 0 saturated carbocycles. The number of aromatic nitrogens is 2. The molecule has 0 aromatic carbocycles. The molecule has 0 aliphatic rings. The number of carbonyl (C=O) groups is 1. The van der Waals surface area contributed by atoms with Crippen LogP contribution in [0.25, 0.3) is 0 Å². The van der Waals surface area contributed by atoms with Gasteiger partial charge in [0.25, 0.3) is 0 Å². The lowest BCUT2D eigenvalue weighted by Gasteiger charge is -2.07. The molecule has 2 rings (SSSR count). The first-order valence-electron chi connectivity index (χ1n) is 7.36. The van der Waals surface area contributed by atoms with Crippen LogP contribution in [0, 0.1) is 36.5 Å². The summed E-state index contributed by atoms with van der Waals surface area (Å²) >= 11 is 1.16. The van der Waals surface area contributed by atoms with Crippen molar-refractivity contribution in [3.63, 3.8) is 0 Å². The molecule has 2 aromatic heterocycles. The third kappa shape index (κ3) is 3.27. The molecule has 6 nitrogen and oxygen atoms in total. The van der Waals surface area contributed by atoms with Crippen molar-refractivity contribution in [2.45, 2.75) is 32.3 Å². The lowest BCUT2D eigenvalue weighted by atomic mass is 10.2. The van der Waals surface area contributed by atoms with Gasteiger partial charge in [0, 0.05) is 23.5 Å². The maximum absolute atomic E-state index is 12.5. The summed E-state index contributed by atoms with van der Waals surface area (Å²) in [6.07, 6.45) is 0. The van der Waals surface area contributed by atoms with E-state index >= 15 is 0 Å². The number of nitrogens with two attached hydrogens (primary N) is 1. The number of rotatable bonds is 5. The van der Waals surface area contributed by atoms with E-state index < -0.39 is 0 Å². The Bertz CT molecular complexity index is 886. The molecule has 2 aromatic rings. The summed E-state index contributed by atoms with van der Waals surface area (Å²) in [7, 11) is 0. The van der Waals surface area contributed by atoms with Crippen LogP contribution in [0.3, 0.4) is 0 Å². The van der Waals surface area contributed by atoms with Gasteiger partial charge in [0.15, 0.2) is 5.78 Å². The molecule has 0 bridgehead atoms. The van der Waals surface area contributed by atoms with E-state index in [9.17, 15) is 10.1 Å². The van der Waals surface area contributed by atoms with Gasteiger partial charge in [-0.15, -0.1) is 0 Å². The average Bonchev–Trinajstić information content (AvgIpc) is 2.86. The van der Waals surface area contributed by atoms with Crippen molar-refractivity contribution in [1.29, 1.82) is 10.5 Å². The Morgan fingerprint density at radius 1 is 1.29 bits per heavy atom. The van der Waals surface area contributed by atoms with E-state index in [-0.39, 0.29) is 28.5 Å². The number of Topliss-reactive ketones (excluding diaryl/α,β-unsaturated/α-hetero) is 1. The molecule has 7 heteroatoms. The Morgan fingerprint density at radius 3 is 2.50 bits per heavy atom. The Balaban J connectivity index is 2.23. The van der Waals surface area contributed by atoms with Crippen molar-refractivity contribution in [2.75, 3.05) is 11.5 Å². The van der Waals surface area contributed by atoms with Gasteiger partial charge >= 0.3 is 0 Å². The van der Waals surface area contributed by atoms with E-state index in [1.54, 1.807) is 0 Å². The van der Waals surface area contributed by atoms with Crippen molar-refractivity contribution in [3.05, 3.63) is 40.2 Å². The Labute approximate surface area is 144 Å². The topological polar surface area (TPSA) is 108 Å². The number of carbonyl (C=O) groups excluding carboxylic acids is 1. The molecule has 24 heavy (non-hydrogen) atoms. The first kappa shape index (κ1) is 17.6. The van der Waals surface area contributed by atoms with E-state index in [1.807, 2.05) is 39.0 Å². The minimum absolute atomic E-state index is 0.0265. The first-order valence-corrected chi connectivity index (χ1v) is 8.34. The highest BCUT2D eigenvalue weighted by Crippen LogP contribution is 2.25. The molecular weight excluding hydrogens is 322 g/mol. The zero-order valence-corrected chi connectivity index (χ0v) is 14.6. The fourth-order valence-electron chi connectivity index (χ4n) is 2.57. The van der Waals surface area contributed by atoms with Crippen LogP contribution in [0.1, 0.15) is 39.8 Å². The van der Waals surface area contributed by atoms with Crippen LogP contribution in [0.4, 0.5) is 5.82 Å². The van der Waals surface area contributed by atoms with Crippen LogP contribution in [0.15, 0.2) is 17.2 Å². The molecule has 0 unspecified atom stereocenters. The van der Waals surface area contributed by atoms with E-state index in [1.165, 1.54) is 6.07 Å². The van der Waals surface area contributed by atoms with Crippen molar-refractivity contribution >= 4 is 23.4 Å². The van der Waals surface area contributed by atoms with Crippen LogP contribution in [0.5, 0.6) is 0 Å². The van der Waals surface area contributed by atoms with Crippen molar-refractivity contribution in [3.8, 4) is 12.1 Å². The molecule has 0 aliphatic heterocycles. The first-order chi connectivity index (χ1) is 11.4. The number of hydrogen-bond donors (Lipinski definition) is 1. The molecule has 2 heterocycles. The van der Waals surface area contributed by atoms with Gasteiger partial charge in [-0.25, -0.2) is 4.98 Å². The average molecular weight is 339 g/mol. The number of thioether (sulfide) groups is 1. The third-order valence-corrected chi connectivity index (χ3v) is 4.78. The Morgan fingerprint density at radius 2 is 1.96 bits per heavy atom. The summed E-state index contributed by atoms with van der Waals surface area (Å²) in [5.74, 6) is 0.193. The van der Waals surface area contributed by atoms with Gasteiger partial charge < -0.3 is 10.3 Å². The highest BCUT2D eigenvalue weighted by Gasteiger charge is 2.17. The fourth-order valence-corrected chi connectivity index (χ4v) is 3.42. The van der Waals surface area contributed by atoms with Crippen LogP contribution in [-0.4, -0.2) is 21.1 Å². The standard InChI is InChI=1S/C17H17N5OS/c1-4-22-10(2)5-14(11(22)3)15(23)9-24-17-13(8-19)6-12(7-18)16(20)21-17/h5-6H,4,9H2,1-3H3,(H2,20,21). The number of nitrogens with zero attached hydrogens (tertiary/aromatic N) is 4. The van der Waals surface area contributed by atoms with E-state index in [0.29, 0.717) is 10.6 Å². The van der Waals surface area contributed by atoms with Gasteiger partial charge in [0.05, 0.1) is 16.9 Å². The summed E-state index contributed by atoms with van der Waals surface area (Å²) in [6, 6.07) is 7.17. The molecular formula is C17H17N5OS. The van der Waals surface area contributed by atoms with E-state index in [0.717, 1.165) is 29.7 Å². The second-order valence-electron chi connectivity index (χ2n) is 5.24. The minimum atomic E-state index is -0.0265. The molecule has 0 saturated heterocycles. The lowest BCUT2D eigenvalue weighted by Crippen LogP contribution is -2.07. The molecule has 2 N–H and O–H groups in total. The second-order valence-corrected chi connectivity index (χ2v) is 6.20. The quantitative estimate of drug-likeness (QED) is 0.663. The van der Waals surface area contributed by atoms with E-state index in [4.69, 9.17) is 11.0 Å². The zero-order chi connectivity index (χ0) is 17.9. The maximum Gasteiger partial charge on any atom is 0.174 e. The number of nitrogen functional groups attached to an aromatic ring is 1. The normalized spacial score (nSPS) is 10.2. The largest absolute Gasteiger partial charge is 0.383 e. The van der Waals surface area contributed by atoms with E-state index in [2.05, 4.69) is 9.55 Å². The Kier molecular flexibility index (Phi) is 5.28. The predicted octanol–water partition coefficient (Wildman–Crippen LogP) is 2.82. The highest BCUT2D eigenvalue weighted by molar-refractivity contribution is 8.00. The van der Waals surface area contributed by atoms with Gasteiger partial charge in [0.2, 0.25) is 0 Å². The number of pyridine rings is 1. The van der Waals surface area contributed by atoms with Gasteiger partial charge in [0.1, 0.15) is 23.0 Å². The van der Waals surface area contributed by atoms with Crippen molar-refractivity contribution < 1.29 is 4.79 Å². The van der Waals surface area contributed by atoms with Gasteiger partial charge in [-0.05, 0) is 32.9 Å². The number of nitriles is 2. The molecule has 0 spiro atoms. The smallest absolute Gasteiger partial charge is 0.174 e. The van der Waals surface area contributed by atoms with Gasteiger partial charge in [-0.2, -0.15) is 10.5 Å². The molecule has 0 fully saturated rings. The Hall–Kier alpha value is -2.77. The molecule has 0 amide bonds. The zero-order valence-electron chi connectivity index (χ0n) is 13.8. The fraction of sp³-hybridized carbons (Fsp3) is 0.294. The SMILES string of the molecule is CCn1c(C)cc(C(=O)CSc2nc(N)c(C#N)cc2C#N)c1C. The summed E-state index contributed by atoms with van der Waals surface area (Å²) in [4.78, 5) is 16.6. The number of aryl methyl sites for hydroxylation is 1. The summed E-state index contributed by atoms with van der Waals surface area (Å²) in [5, 5.41) is 18.5. The summed E-state index contributed by atoms with van der Waals surface area (Å²) in [5.41, 5.74) is 8.77. The van der Waals surface area contributed by atoms with Crippen LogP contribution in [0.2, 0.25) is 0 Å². The predicted molar refractivity (Wildman–Crippen MR) is 92.7 cm³/mol. The second kappa shape index (κ2) is 7.20. The monoisotopic (exact) mass is 339 g/mol. The van der Waals surface area contributed by atoms with Gasteiger partial charge in [-0.1, -0.05) is 11.8 Å². The number of ketones is 1. The van der Waals surface area contributed by atoms with Crippen LogP contribution < -0.4 is 5.73 Å². The van der Waals surface area contributed by atoms with Crippen LogP contribution >= 0.6 is 11.8 Å². The molecule has 0 radical (unpaired) electrons. The highest BCUT2D eigenvalue weighted by atomic mass is 32.2. The maximum atomic E-state index is 12.5. The van der Waals surface area contributed by atoms with Crippen LogP contribution in [-0.2, 0) is 6.54 Å². The summed E-state index contributed by atoms with van der Waals surface area (Å²) < 4.78 is 2.08. The molecule has 0 atom stereocenters. The molecule has 122 valence electrons. The van der Waals surface area contributed by atoms with Crippen molar-refractivity contribution in [2.24, 2.45) is 0 Å². The lowest BCUT2D eigenvalue weighted by molar-refractivity contribution is 0.102. The number of hydrogen-bond acceptors (Lipinski definition) is 6. The summed E-state index contributed by atoms with van der Waals surface area (Å²) in [6.45, 7) is 6.74. The number of anilines is 1. The minimum Gasteiger partial charge on any atom is -0.383 e. The van der Waals surface area contributed by atoms with Crippen molar-refractivity contribution in [1.82, 2.24) is 9.55 Å². The van der Waals surface area contributed by atoms with Gasteiger partial charge in [-0.3, -0.25) is 4.79 Å².